The minimum Gasteiger partial charge on any atom is -0.0593 e. The first kappa shape index (κ1) is 6.12. The summed E-state index contributed by atoms with van der Waals surface area (Å²) in [6.45, 7) is 4.54. The van der Waals surface area contributed by atoms with Crippen LogP contribution in [0.5, 0.6) is 0 Å². The Hall–Kier alpha value is 0. The molecular weight excluding hydrogens is 96.1 g/mol. The zero-order valence-electron chi connectivity index (χ0n) is 5.83. The van der Waals surface area contributed by atoms with Gasteiger partial charge in [0.2, 0.25) is 0 Å². The molecule has 0 atom stereocenters. The molecule has 0 heteroatoms. The molecule has 1 aliphatic carbocycles. The molecule has 1 aliphatic rings. The second-order valence-corrected chi connectivity index (χ2v) is 3.27. The average Bonchev–Trinajstić information content (AvgIpc) is 1.65. The van der Waals surface area contributed by atoms with Crippen LogP contribution in [0.2, 0.25) is 0 Å². The molecule has 0 N–H and O–H groups in total. The molecule has 2 radical (unpaired) electrons. The molecule has 0 amide bonds. The Labute approximate surface area is 52.3 Å². The number of hydrogen-bond donors (Lipinski definition) is 0. The van der Waals surface area contributed by atoms with Gasteiger partial charge in [0.15, 0.2) is 0 Å². The molecule has 0 heterocycles. The van der Waals surface area contributed by atoms with Gasteiger partial charge in [-0.15, -0.1) is 0 Å². The highest BCUT2D eigenvalue weighted by molar-refractivity contribution is 4.88. The molecule has 46 valence electrons. The Morgan fingerprint density at radius 2 is 2.00 bits per heavy atom. The van der Waals surface area contributed by atoms with E-state index in [1.54, 1.807) is 0 Å². The molecule has 1 saturated carbocycles. The van der Waals surface area contributed by atoms with Crippen LogP contribution in [0, 0.1) is 11.8 Å². The van der Waals surface area contributed by atoms with E-state index >= 15 is 0 Å². The zero-order valence-corrected chi connectivity index (χ0v) is 5.83. The summed E-state index contributed by atoms with van der Waals surface area (Å²) in [7, 11) is 0. The van der Waals surface area contributed by atoms with Crippen molar-refractivity contribution in [3.05, 3.63) is 6.42 Å². The Balaban J connectivity index is 2.33. The maximum Gasteiger partial charge on any atom is -0.0112 e. The van der Waals surface area contributed by atoms with Gasteiger partial charge in [-0.3, -0.25) is 0 Å². The lowest BCUT2D eigenvalue weighted by Gasteiger charge is -2.27. The third kappa shape index (κ3) is 1.50. The van der Waals surface area contributed by atoms with Crippen molar-refractivity contribution in [2.45, 2.75) is 39.5 Å². The molecule has 0 aromatic carbocycles. The first-order valence-corrected chi connectivity index (χ1v) is 3.46. The van der Waals surface area contributed by atoms with Gasteiger partial charge < -0.3 is 0 Å². The summed E-state index contributed by atoms with van der Waals surface area (Å²) in [6, 6.07) is 0. The van der Waals surface area contributed by atoms with Crippen molar-refractivity contribution in [3.8, 4) is 0 Å². The van der Waals surface area contributed by atoms with E-state index in [1.165, 1.54) is 25.7 Å². The van der Waals surface area contributed by atoms with Crippen molar-refractivity contribution < 1.29 is 0 Å². The maximum atomic E-state index is 3.46. The van der Waals surface area contributed by atoms with E-state index in [0.29, 0.717) is 5.41 Å². The molecular formula is C8H14. The van der Waals surface area contributed by atoms with Crippen molar-refractivity contribution in [3.63, 3.8) is 0 Å². The monoisotopic (exact) mass is 110 g/mol. The van der Waals surface area contributed by atoms with Crippen LogP contribution in [0.1, 0.15) is 39.5 Å². The second kappa shape index (κ2) is 2.08. The summed E-state index contributed by atoms with van der Waals surface area (Å²) in [6.07, 6.45) is 8.78. The van der Waals surface area contributed by atoms with Gasteiger partial charge in [0, 0.05) is 0 Å². The van der Waals surface area contributed by atoms with Gasteiger partial charge >= 0.3 is 0 Å². The fraction of sp³-hybridized carbons (Fsp3) is 0.875. The van der Waals surface area contributed by atoms with E-state index in [9.17, 15) is 0 Å². The van der Waals surface area contributed by atoms with Gasteiger partial charge in [-0.1, -0.05) is 26.7 Å². The Kier molecular flexibility index (Phi) is 1.59. The van der Waals surface area contributed by atoms with Crippen LogP contribution in [0.4, 0.5) is 0 Å². The van der Waals surface area contributed by atoms with E-state index in [0.717, 1.165) is 0 Å². The highest BCUT2D eigenvalue weighted by atomic mass is 14.3. The standard InChI is InChI=1S/C8H14/c1-8(2)6-4-3-5-7-8/h3-6H2,1-2H3. The molecule has 0 aromatic rings. The van der Waals surface area contributed by atoms with Crippen LogP contribution in [0.15, 0.2) is 0 Å². The van der Waals surface area contributed by atoms with Crippen LogP contribution >= 0.6 is 0 Å². The highest BCUT2D eigenvalue weighted by Gasteiger charge is 2.20. The fourth-order valence-corrected chi connectivity index (χ4v) is 1.21. The van der Waals surface area contributed by atoms with Gasteiger partial charge in [0.05, 0.1) is 0 Å². The Morgan fingerprint density at radius 1 is 1.25 bits per heavy atom. The number of hydrogen-bond acceptors (Lipinski definition) is 0. The molecule has 8 heavy (non-hydrogen) atoms. The minimum absolute atomic E-state index is 0.429. The largest absolute Gasteiger partial charge is 0.0593 e. The second-order valence-electron chi connectivity index (χ2n) is 3.27. The zero-order chi connectivity index (χ0) is 6.04. The van der Waals surface area contributed by atoms with Crippen LogP contribution in [-0.4, -0.2) is 0 Å². The van der Waals surface area contributed by atoms with E-state index < -0.39 is 0 Å². The van der Waals surface area contributed by atoms with Crippen molar-refractivity contribution in [2.75, 3.05) is 0 Å². The van der Waals surface area contributed by atoms with Gasteiger partial charge in [0.25, 0.3) is 0 Å². The normalized spacial score (nSPS) is 27.8. The SMILES string of the molecule is CC1(C)[C]CCCC1. The van der Waals surface area contributed by atoms with Crippen molar-refractivity contribution in [2.24, 2.45) is 5.41 Å². The van der Waals surface area contributed by atoms with Crippen molar-refractivity contribution >= 4 is 0 Å². The molecule has 1 rings (SSSR count). The summed E-state index contributed by atoms with van der Waals surface area (Å²) in [5.41, 5.74) is 0.429. The molecule has 0 bridgehead atoms. The minimum atomic E-state index is 0.429. The van der Waals surface area contributed by atoms with Crippen LogP contribution in [-0.2, 0) is 0 Å². The molecule has 0 spiro atoms. The molecule has 0 nitrogen and oxygen atoms in total. The topological polar surface area (TPSA) is 0 Å². The molecule has 0 unspecified atom stereocenters. The van der Waals surface area contributed by atoms with Crippen molar-refractivity contribution in [1.82, 2.24) is 0 Å². The number of rotatable bonds is 0. The molecule has 0 saturated heterocycles. The predicted molar refractivity (Wildman–Crippen MR) is 35.5 cm³/mol. The summed E-state index contributed by atoms with van der Waals surface area (Å²) >= 11 is 0. The summed E-state index contributed by atoms with van der Waals surface area (Å²) in [5, 5.41) is 0. The fourth-order valence-electron chi connectivity index (χ4n) is 1.21. The van der Waals surface area contributed by atoms with Crippen LogP contribution in [0.3, 0.4) is 0 Å². The van der Waals surface area contributed by atoms with Crippen LogP contribution in [0.25, 0.3) is 0 Å². The third-order valence-corrected chi connectivity index (χ3v) is 1.83. The van der Waals surface area contributed by atoms with Crippen LogP contribution < -0.4 is 0 Å². The quantitative estimate of drug-likeness (QED) is 0.449. The summed E-state index contributed by atoms with van der Waals surface area (Å²) in [5.74, 6) is 0. The van der Waals surface area contributed by atoms with Gasteiger partial charge in [-0.2, -0.15) is 0 Å². The molecule has 0 aliphatic heterocycles. The van der Waals surface area contributed by atoms with Gasteiger partial charge in [0.1, 0.15) is 0 Å². The summed E-state index contributed by atoms with van der Waals surface area (Å²) in [4.78, 5) is 0. The lowest BCUT2D eigenvalue weighted by atomic mass is 9.78. The highest BCUT2D eigenvalue weighted by Crippen LogP contribution is 2.33. The summed E-state index contributed by atoms with van der Waals surface area (Å²) < 4.78 is 0. The first-order valence-electron chi connectivity index (χ1n) is 3.46. The van der Waals surface area contributed by atoms with Crippen molar-refractivity contribution in [1.29, 1.82) is 0 Å². The third-order valence-electron chi connectivity index (χ3n) is 1.83. The van der Waals surface area contributed by atoms with E-state index in [4.69, 9.17) is 0 Å². The predicted octanol–water partition coefficient (Wildman–Crippen LogP) is 2.67. The van der Waals surface area contributed by atoms with E-state index in [2.05, 4.69) is 20.3 Å². The lowest BCUT2D eigenvalue weighted by Crippen LogP contribution is -2.15. The Morgan fingerprint density at radius 3 is 2.25 bits per heavy atom. The first-order chi connectivity index (χ1) is 3.71. The van der Waals surface area contributed by atoms with Gasteiger partial charge in [-0.25, -0.2) is 0 Å². The molecule has 0 aromatic heterocycles. The van der Waals surface area contributed by atoms with E-state index in [1.807, 2.05) is 0 Å². The Bertz CT molecular complexity index is 64.1. The average molecular weight is 110 g/mol. The van der Waals surface area contributed by atoms with E-state index in [-0.39, 0.29) is 0 Å². The lowest BCUT2D eigenvalue weighted by molar-refractivity contribution is 0.328. The van der Waals surface area contributed by atoms with Gasteiger partial charge in [-0.05, 0) is 24.7 Å². The molecule has 1 fully saturated rings. The smallest absolute Gasteiger partial charge is 0.0112 e. The maximum absolute atomic E-state index is 3.46.